The molecule has 0 N–H and O–H groups in total. The lowest BCUT2D eigenvalue weighted by atomic mass is 9.97. The van der Waals surface area contributed by atoms with Crippen LogP contribution in [0.25, 0.3) is 0 Å². The van der Waals surface area contributed by atoms with E-state index in [0.29, 0.717) is 12.3 Å². The Bertz CT molecular complexity index is 650. The Labute approximate surface area is 129 Å². The minimum Gasteiger partial charge on any atom is -0.345 e. The summed E-state index contributed by atoms with van der Waals surface area (Å²) in [5.41, 5.74) is 0.845. The fraction of sp³-hybridized carbons (Fsp3) is 0.412. The quantitative estimate of drug-likeness (QED) is 0.869. The molecule has 1 aromatic heterocycles. The molecular weight excluding hydrogens is 281 g/mol. The van der Waals surface area contributed by atoms with Gasteiger partial charge in [0.15, 0.2) is 0 Å². The molecule has 0 bridgehead atoms. The van der Waals surface area contributed by atoms with Gasteiger partial charge in [-0.25, -0.2) is 9.37 Å². The Morgan fingerprint density at radius 2 is 2.18 bits per heavy atom. The number of fused-ring (bicyclic) bond motifs is 1. The molecule has 0 aliphatic carbocycles. The molecule has 1 aromatic carbocycles. The number of halogens is 1. The number of hydrogen-bond donors (Lipinski definition) is 0. The maximum atomic E-state index is 12.9. The van der Waals surface area contributed by atoms with Crippen molar-refractivity contribution >= 4 is 5.91 Å². The first-order chi connectivity index (χ1) is 10.6. The monoisotopic (exact) mass is 301 g/mol. The number of imidazole rings is 1. The fourth-order valence-electron chi connectivity index (χ4n) is 2.97. The maximum Gasteiger partial charge on any atom is 0.226 e. The van der Waals surface area contributed by atoms with Gasteiger partial charge in [-0.1, -0.05) is 12.1 Å². The lowest BCUT2D eigenvalue weighted by molar-refractivity contribution is -0.129. The van der Waals surface area contributed by atoms with Gasteiger partial charge < -0.3 is 9.47 Å². The molecule has 0 fully saturated rings. The average Bonchev–Trinajstić information content (AvgIpc) is 2.97. The van der Waals surface area contributed by atoms with Crippen LogP contribution in [0.4, 0.5) is 4.39 Å². The second-order valence-electron chi connectivity index (χ2n) is 5.97. The molecule has 1 atom stereocenters. The summed E-state index contributed by atoms with van der Waals surface area (Å²) < 4.78 is 15.1. The van der Waals surface area contributed by atoms with Crippen molar-refractivity contribution in [2.75, 3.05) is 13.6 Å². The smallest absolute Gasteiger partial charge is 0.226 e. The number of carbonyl (C=O) groups is 1. The van der Waals surface area contributed by atoms with Crippen molar-refractivity contribution in [3.05, 3.63) is 53.9 Å². The van der Waals surface area contributed by atoms with E-state index in [9.17, 15) is 9.18 Å². The van der Waals surface area contributed by atoms with E-state index in [1.54, 1.807) is 17.0 Å². The number of hydrogen-bond acceptors (Lipinski definition) is 2. The fourth-order valence-corrected chi connectivity index (χ4v) is 2.97. The zero-order chi connectivity index (χ0) is 15.5. The topological polar surface area (TPSA) is 38.1 Å². The van der Waals surface area contributed by atoms with E-state index in [1.807, 2.05) is 19.4 Å². The summed E-state index contributed by atoms with van der Waals surface area (Å²) in [7, 11) is 1.84. The van der Waals surface area contributed by atoms with Crippen LogP contribution in [-0.4, -0.2) is 34.0 Å². The van der Waals surface area contributed by atoms with Crippen molar-refractivity contribution in [3.8, 4) is 0 Å². The third-order valence-corrected chi connectivity index (χ3v) is 4.28. The zero-order valence-electron chi connectivity index (χ0n) is 12.7. The van der Waals surface area contributed by atoms with Crippen LogP contribution in [0.15, 0.2) is 36.7 Å². The summed E-state index contributed by atoms with van der Waals surface area (Å²) in [6.07, 6.45) is 6.15. The Morgan fingerprint density at radius 3 is 2.95 bits per heavy atom. The van der Waals surface area contributed by atoms with Crippen LogP contribution in [0.3, 0.4) is 0 Å². The molecule has 2 heterocycles. The van der Waals surface area contributed by atoms with Gasteiger partial charge in [-0.05, 0) is 30.0 Å². The molecule has 4 nitrogen and oxygen atoms in total. The van der Waals surface area contributed by atoms with Crippen LogP contribution in [0.1, 0.15) is 17.8 Å². The van der Waals surface area contributed by atoms with E-state index in [4.69, 9.17) is 0 Å². The summed E-state index contributed by atoms with van der Waals surface area (Å²) >= 11 is 0. The molecule has 0 saturated heterocycles. The number of amides is 1. The van der Waals surface area contributed by atoms with Gasteiger partial charge >= 0.3 is 0 Å². The molecular formula is C17H20FN3O. The van der Waals surface area contributed by atoms with Crippen LogP contribution >= 0.6 is 0 Å². The molecule has 116 valence electrons. The standard InChI is InChI=1S/C17H20FN3O/c1-20(17(22)11-13-2-4-15(18)5-3-13)12-14-6-8-21-9-7-19-16(21)10-14/h2-5,7,9,14H,6,8,10-12H2,1H3. The van der Waals surface area contributed by atoms with Crippen molar-refractivity contribution in [2.24, 2.45) is 5.92 Å². The zero-order valence-corrected chi connectivity index (χ0v) is 12.7. The summed E-state index contributed by atoms with van der Waals surface area (Å²) in [6.45, 7) is 1.72. The number of nitrogens with zero attached hydrogens (tertiary/aromatic N) is 3. The minimum absolute atomic E-state index is 0.0699. The van der Waals surface area contributed by atoms with Crippen molar-refractivity contribution in [1.82, 2.24) is 14.5 Å². The van der Waals surface area contributed by atoms with Gasteiger partial charge in [0.25, 0.3) is 0 Å². The van der Waals surface area contributed by atoms with Gasteiger partial charge in [0, 0.05) is 39.0 Å². The summed E-state index contributed by atoms with van der Waals surface area (Å²) in [5, 5.41) is 0. The Morgan fingerprint density at radius 1 is 1.41 bits per heavy atom. The molecule has 22 heavy (non-hydrogen) atoms. The third kappa shape index (κ3) is 3.35. The van der Waals surface area contributed by atoms with Gasteiger partial charge in [0.1, 0.15) is 11.6 Å². The van der Waals surface area contributed by atoms with E-state index in [2.05, 4.69) is 9.55 Å². The normalized spacial score (nSPS) is 17.1. The van der Waals surface area contributed by atoms with E-state index in [1.165, 1.54) is 12.1 Å². The van der Waals surface area contributed by atoms with Gasteiger partial charge in [0.2, 0.25) is 5.91 Å². The summed E-state index contributed by atoms with van der Waals surface area (Å²) in [4.78, 5) is 18.4. The Hall–Kier alpha value is -2.17. The minimum atomic E-state index is -0.276. The number of benzene rings is 1. The molecule has 0 radical (unpaired) electrons. The molecule has 1 amide bonds. The highest BCUT2D eigenvalue weighted by atomic mass is 19.1. The predicted octanol–water partition coefficient (Wildman–Crippen LogP) is 2.29. The highest BCUT2D eigenvalue weighted by Gasteiger charge is 2.22. The Balaban J connectivity index is 1.54. The molecule has 1 unspecified atom stereocenters. The molecule has 0 saturated carbocycles. The van der Waals surface area contributed by atoms with Crippen LogP contribution < -0.4 is 0 Å². The van der Waals surface area contributed by atoms with Crippen molar-refractivity contribution in [2.45, 2.75) is 25.8 Å². The number of likely N-dealkylation sites (N-methyl/N-ethyl adjacent to an activating group) is 1. The third-order valence-electron chi connectivity index (χ3n) is 4.28. The average molecular weight is 301 g/mol. The lowest BCUT2D eigenvalue weighted by Crippen LogP contribution is -2.35. The van der Waals surface area contributed by atoms with Crippen LogP contribution in [0, 0.1) is 11.7 Å². The van der Waals surface area contributed by atoms with Crippen molar-refractivity contribution < 1.29 is 9.18 Å². The van der Waals surface area contributed by atoms with Crippen LogP contribution in [0.2, 0.25) is 0 Å². The summed E-state index contributed by atoms with van der Waals surface area (Å²) in [6, 6.07) is 6.12. The first-order valence-electron chi connectivity index (χ1n) is 7.60. The SMILES string of the molecule is CN(CC1CCn2ccnc2C1)C(=O)Cc1ccc(F)cc1. The number of aromatic nitrogens is 2. The van der Waals surface area contributed by atoms with Gasteiger partial charge in [-0.2, -0.15) is 0 Å². The maximum absolute atomic E-state index is 12.9. The first kappa shape index (κ1) is 14.8. The molecule has 2 aromatic rings. The molecule has 5 heteroatoms. The van der Waals surface area contributed by atoms with Gasteiger partial charge in [-0.15, -0.1) is 0 Å². The van der Waals surface area contributed by atoms with Gasteiger partial charge in [0.05, 0.1) is 6.42 Å². The van der Waals surface area contributed by atoms with Crippen molar-refractivity contribution in [3.63, 3.8) is 0 Å². The molecule has 1 aliphatic rings. The van der Waals surface area contributed by atoms with Crippen LogP contribution in [0.5, 0.6) is 0 Å². The van der Waals surface area contributed by atoms with Crippen molar-refractivity contribution in [1.29, 1.82) is 0 Å². The highest BCUT2D eigenvalue weighted by molar-refractivity contribution is 5.78. The largest absolute Gasteiger partial charge is 0.345 e. The van der Waals surface area contributed by atoms with E-state index in [0.717, 1.165) is 37.3 Å². The van der Waals surface area contributed by atoms with E-state index in [-0.39, 0.29) is 11.7 Å². The van der Waals surface area contributed by atoms with Gasteiger partial charge in [-0.3, -0.25) is 4.79 Å². The number of carbonyl (C=O) groups excluding carboxylic acids is 1. The number of rotatable bonds is 4. The van der Waals surface area contributed by atoms with E-state index >= 15 is 0 Å². The second kappa shape index (κ2) is 6.30. The first-order valence-corrected chi connectivity index (χ1v) is 7.60. The Kier molecular flexibility index (Phi) is 4.22. The number of aryl methyl sites for hydroxylation is 1. The van der Waals surface area contributed by atoms with Crippen LogP contribution in [-0.2, 0) is 24.2 Å². The van der Waals surface area contributed by atoms with E-state index < -0.39 is 0 Å². The lowest BCUT2D eigenvalue weighted by Gasteiger charge is -2.28. The second-order valence-corrected chi connectivity index (χ2v) is 5.97. The molecule has 3 rings (SSSR count). The summed E-state index contributed by atoms with van der Waals surface area (Å²) in [5.74, 6) is 1.36. The molecule has 1 aliphatic heterocycles. The molecule has 0 spiro atoms. The predicted molar refractivity (Wildman–Crippen MR) is 81.8 cm³/mol. The highest BCUT2D eigenvalue weighted by Crippen LogP contribution is 2.20.